The predicted molar refractivity (Wildman–Crippen MR) is 79.8 cm³/mol. The van der Waals surface area contributed by atoms with E-state index >= 15 is 0 Å². The van der Waals surface area contributed by atoms with Gasteiger partial charge in [-0.3, -0.25) is 0 Å². The van der Waals surface area contributed by atoms with E-state index < -0.39 is 24.0 Å². The maximum absolute atomic E-state index is 9.03. The third-order valence-electron chi connectivity index (χ3n) is 6.08. The van der Waals surface area contributed by atoms with Crippen LogP contribution in [0.3, 0.4) is 0 Å². The largest absolute Gasteiger partial charge is 0.394 e. The topological polar surface area (TPSA) is 66.4 Å². The highest BCUT2D eigenvalue weighted by atomic mass is 17.3. The van der Waals surface area contributed by atoms with Gasteiger partial charge >= 0.3 is 0 Å². The number of fused-ring (bicyclic) bond motifs is 2. The molecule has 7 atom stereocenters. The molecule has 0 radical (unpaired) electrons. The third-order valence-corrected chi connectivity index (χ3v) is 6.08. The molecule has 6 heteroatoms. The van der Waals surface area contributed by atoms with Crippen LogP contribution in [0.1, 0.15) is 39.5 Å². The normalized spacial score (nSPS) is 52.1. The van der Waals surface area contributed by atoms with Crippen LogP contribution in [0.15, 0.2) is 12.2 Å². The van der Waals surface area contributed by atoms with E-state index in [0.717, 1.165) is 31.3 Å². The molecule has 5 unspecified atom stereocenters. The van der Waals surface area contributed by atoms with Crippen molar-refractivity contribution in [3.8, 4) is 0 Å². The van der Waals surface area contributed by atoms with Gasteiger partial charge in [0.05, 0.1) is 13.2 Å². The summed E-state index contributed by atoms with van der Waals surface area (Å²) >= 11 is 0. The summed E-state index contributed by atoms with van der Waals surface area (Å²) in [4.78, 5) is 11.7. The van der Waals surface area contributed by atoms with Crippen molar-refractivity contribution in [2.75, 3.05) is 13.2 Å². The summed E-state index contributed by atoms with van der Waals surface area (Å²) in [5, 5.41) is 9.03. The van der Waals surface area contributed by atoms with Gasteiger partial charge in [-0.15, -0.1) is 0 Å². The smallest absolute Gasteiger partial charge is 0.201 e. The summed E-state index contributed by atoms with van der Waals surface area (Å²) < 4.78 is 17.9. The van der Waals surface area contributed by atoms with Crippen molar-refractivity contribution in [3.63, 3.8) is 0 Å². The average molecular weight is 326 g/mol. The van der Waals surface area contributed by atoms with Crippen LogP contribution in [0, 0.1) is 17.8 Å². The minimum atomic E-state index is -0.780. The molecule has 1 N–H and O–H groups in total. The molecule has 0 aromatic heterocycles. The molecular weight excluding hydrogens is 300 g/mol. The lowest BCUT2D eigenvalue weighted by molar-refractivity contribution is -0.567. The van der Waals surface area contributed by atoms with Gasteiger partial charge in [0.25, 0.3) is 0 Å². The fourth-order valence-electron chi connectivity index (χ4n) is 4.86. The van der Waals surface area contributed by atoms with Crippen molar-refractivity contribution in [1.29, 1.82) is 0 Å². The third kappa shape index (κ3) is 2.23. The molecule has 5 fully saturated rings. The Morgan fingerprint density at radius 2 is 2.13 bits per heavy atom. The Bertz CT molecular complexity index is 495. The van der Waals surface area contributed by atoms with Gasteiger partial charge in [-0.05, 0) is 43.6 Å². The zero-order valence-corrected chi connectivity index (χ0v) is 13.8. The van der Waals surface area contributed by atoms with Crippen LogP contribution in [-0.4, -0.2) is 42.3 Å². The molecule has 0 aromatic carbocycles. The standard InChI is InChI=1S/C17H26O6/c1-10-4-5-13-11(2)14(19-9-8-18)20-15-17(13)12(10)6-7-16(3,21-15)22-23-17/h10,12-15,18H,2,4-9H2,1,3H3/t10-,12?,13?,14?,15?,16+,17?/m1/s1. The quantitative estimate of drug-likeness (QED) is 0.633. The van der Waals surface area contributed by atoms with E-state index in [0.29, 0.717) is 11.8 Å². The van der Waals surface area contributed by atoms with Gasteiger partial charge in [0.2, 0.25) is 5.79 Å². The Morgan fingerprint density at radius 3 is 2.91 bits per heavy atom. The van der Waals surface area contributed by atoms with Crippen molar-refractivity contribution in [2.24, 2.45) is 17.8 Å². The summed E-state index contributed by atoms with van der Waals surface area (Å²) in [6.45, 7) is 8.55. The number of rotatable bonds is 3. The average Bonchev–Trinajstić information content (AvgIpc) is 2.76. The number of hydrogen-bond donors (Lipinski definition) is 1. The maximum Gasteiger partial charge on any atom is 0.201 e. The molecule has 1 aliphatic carbocycles. The highest BCUT2D eigenvalue weighted by molar-refractivity contribution is 5.21. The van der Waals surface area contributed by atoms with Crippen LogP contribution < -0.4 is 0 Å². The molecule has 6 nitrogen and oxygen atoms in total. The lowest BCUT2D eigenvalue weighted by Crippen LogP contribution is -2.69. The van der Waals surface area contributed by atoms with Crippen LogP contribution in [0.2, 0.25) is 0 Å². The Hall–Kier alpha value is -0.500. The zero-order valence-electron chi connectivity index (χ0n) is 13.8. The van der Waals surface area contributed by atoms with Crippen molar-refractivity contribution in [2.45, 2.75) is 63.5 Å². The SMILES string of the molecule is C=C1C(OCCO)OC2O[C@]3(C)CCC4[C@H](C)CCC1C24OO3. The molecule has 0 aromatic rings. The molecule has 0 amide bonds. The minimum Gasteiger partial charge on any atom is -0.394 e. The molecule has 4 aliphatic heterocycles. The number of hydrogen-bond acceptors (Lipinski definition) is 6. The van der Waals surface area contributed by atoms with Gasteiger partial charge in [0.15, 0.2) is 18.2 Å². The number of aliphatic hydroxyl groups is 1. The van der Waals surface area contributed by atoms with E-state index in [2.05, 4.69) is 13.5 Å². The number of ether oxygens (including phenoxy) is 3. The first-order chi connectivity index (χ1) is 11.0. The second-order valence-corrected chi connectivity index (χ2v) is 7.49. The molecular formula is C17H26O6. The van der Waals surface area contributed by atoms with E-state index in [4.69, 9.17) is 29.1 Å². The Morgan fingerprint density at radius 1 is 1.30 bits per heavy atom. The van der Waals surface area contributed by atoms with Gasteiger partial charge in [0.1, 0.15) is 0 Å². The Balaban J connectivity index is 1.72. The summed E-state index contributed by atoms with van der Waals surface area (Å²) in [7, 11) is 0. The molecule has 5 rings (SSSR count). The first-order valence-electron chi connectivity index (χ1n) is 8.61. The molecule has 4 saturated heterocycles. The zero-order chi connectivity index (χ0) is 16.2. The van der Waals surface area contributed by atoms with Crippen LogP contribution in [-0.2, 0) is 24.0 Å². The fraction of sp³-hybridized carbons (Fsp3) is 0.882. The molecule has 23 heavy (non-hydrogen) atoms. The summed E-state index contributed by atoms with van der Waals surface area (Å²) in [6, 6.07) is 0. The number of aliphatic hydroxyl groups excluding tert-OH is 1. The van der Waals surface area contributed by atoms with Crippen molar-refractivity contribution in [3.05, 3.63) is 12.2 Å². The van der Waals surface area contributed by atoms with Crippen molar-refractivity contribution in [1.82, 2.24) is 0 Å². The summed E-state index contributed by atoms with van der Waals surface area (Å²) in [6.07, 6.45) is 2.75. The van der Waals surface area contributed by atoms with Crippen LogP contribution in [0.25, 0.3) is 0 Å². The van der Waals surface area contributed by atoms with E-state index in [1.54, 1.807) is 0 Å². The highest BCUT2D eigenvalue weighted by Crippen LogP contribution is 2.60. The van der Waals surface area contributed by atoms with Crippen molar-refractivity contribution < 1.29 is 29.1 Å². The predicted octanol–water partition coefficient (Wildman–Crippen LogP) is 2.12. The van der Waals surface area contributed by atoms with E-state index in [9.17, 15) is 0 Å². The second-order valence-electron chi connectivity index (χ2n) is 7.49. The minimum absolute atomic E-state index is 0.0501. The highest BCUT2D eigenvalue weighted by Gasteiger charge is 2.68. The van der Waals surface area contributed by atoms with E-state index in [1.807, 2.05) is 6.92 Å². The van der Waals surface area contributed by atoms with Gasteiger partial charge in [-0.1, -0.05) is 13.5 Å². The lowest BCUT2D eigenvalue weighted by Gasteiger charge is -2.58. The molecule has 2 bridgehead atoms. The van der Waals surface area contributed by atoms with Crippen molar-refractivity contribution >= 4 is 0 Å². The first-order valence-corrected chi connectivity index (χ1v) is 8.61. The fourth-order valence-corrected chi connectivity index (χ4v) is 4.86. The Kier molecular flexibility index (Phi) is 3.83. The molecule has 1 spiro atoms. The summed E-state index contributed by atoms with van der Waals surface area (Å²) in [5.74, 6) is 0.130. The lowest BCUT2D eigenvalue weighted by atomic mass is 9.59. The van der Waals surface area contributed by atoms with Gasteiger partial charge in [0, 0.05) is 12.3 Å². The van der Waals surface area contributed by atoms with E-state index in [1.165, 1.54) is 0 Å². The molecule has 1 saturated carbocycles. The van der Waals surface area contributed by atoms with Gasteiger partial charge in [-0.2, -0.15) is 0 Å². The first kappa shape index (κ1) is 16.0. The monoisotopic (exact) mass is 326 g/mol. The maximum atomic E-state index is 9.03. The molecule has 4 heterocycles. The molecule has 130 valence electrons. The molecule has 5 aliphatic rings. The van der Waals surface area contributed by atoms with Crippen LogP contribution >= 0.6 is 0 Å². The van der Waals surface area contributed by atoms with E-state index in [-0.39, 0.29) is 19.1 Å². The Labute approximate surface area is 136 Å². The summed E-state index contributed by atoms with van der Waals surface area (Å²) in [5.41, 5.74) is 0.230. The van der Waals surface area contributed by atoms with Crippen LogP contribution in [0.4, 0.5) is 0 Å². The van der Waals surface area contributed by atoms with Crippen LogP contribution in [0.5, 0.6) is 0 Å². The van der Waals surface area contributed by atoms with Gasteiger partial charge < -0.3 is 19.3 Å². The van der Waals surface area contributed by atoms with Gasteiger partial charge in [-0.25, -0.2) is 9.78 Å². The second kappa shape index (κ2) is 5.51.